The fourth-order valence-electron chi connectivity index (χ4n) is 3.63. The van der Waals surface area contributed by atoms with Crippen LogP contribution in [0.1, 0.15) is 24.6 Å². The van der Waals surface area contributed by atoms with E-state index in [4.69, 9.17) is 23.2 Å². The molecule has 1 saturated heterocycles. The molecule has 32 heavy (non-hydrogen) atoms. The molecule has 0 unspecified atom stereocenters. The smallest absolute Gasteiger partial charge is 0.246 e. The van der Waals surface area contributed by atoms with Crippen LogP contribution in [0.5, 0.6) is 0 Å². The molecule has 2 amide bonds. The molecule has 0 spiro atoms. The summed E-state index contributed by atoms with van der Waals surface area (Å²) in [6, 6.07) is 8.41. The molecule has 11 heteroatoms. The highest BCUT2D eigenvalue weighted by atomic mass is 35.5. The Labute approximate surface area is 202 Å². The summed E-state index contributed by atoms with van der Waals surface area (Å²) in [7, 11) is -3.86. The zero-order chi connectivity index (χ0) is 23.3. The maximum atomic E-state index is 13.0. The predicted octanol–water partition coefficient (Wildman–Crippen LogP) is 3.62. The van der Waals surface area contributed by atoms with Gasteiger partial charge in [0.15, 0.2) is 0 Å². The van der Waals surface area contributed by atoms with Gasteiger partial charge >= 0.3 is 0 Å². The summed E-state index contributed by atoms with van der Waals surface area (Å²) >= 11 is 13.7. The van der Waals surface area contributed by atoms with Gasteiger partial charge in [0.25, 0.3) is 0 Å². The minimum absolute atomic E-state index is 0.0194. The quantitative estimate of drug-likeness (QED) is 0.579. The Balaban J connectivity index is 1.57. The van der Waals surface area contributed by atoms with Crippen LogP contribution in [0, 0.1) is 5.92 Å². The van der Waals surface area contributed by atoms with Crippen molar-refractivity contribution in [1.29, 1.82) is 0 Å². The number of hydrogen-bond donors (Lipinski definition) is 1. The van der Waals surface area contributed by atoms with Crippen molar-refractivity contribution in [3.05, 3.63) is 50.6 Å². The number of rotatable bonds is 8. The van der Waals surface area contributed by atoms with Crippen LogP contribution in [0.25, 0.3) is 0 Å². The zero-order valence-corrected chi connectivity index (χ0v) is 20.7. The van der Waals surface area contributed by atoms with Crippen LogP contribution in [-0.4, -0.2) is 55.6 Å². The molecule has 1 N–H and O–H groups in total. The molecule has 2 aromatic rings. The second kappa shape index (κ2) is 11.0. The molecule has 3 rings (SSSR count). The first-order valence-corrected chi connectivity index (χ1v) is 13.3. The second-order valence-corrected chi connectivity index (χ2v) is 11.2. The summed E-state index contributed by atoms with van der Waals surface area (Å²) in [5.74, 6) is -0.693. The summed E-state index contributed by atoms with van der Waals surface area (Å²) in [4.78, 5) is 27.7. The van der Waals surface area contributed by atoms with Crippen molar-refractivity contribution in [2.45, 2.75) is 31.2 Å². The van der Waals surface area contributed by atoms with Crippen LogP contribution in [0.4, 0.5) is 0 Å². The van der Waals surface area contributed by atoms with Gasteiger partial charge in [0.05, 0.1) is 23.1 Å². The molecule has 1 aliphatic heterocycles. The highest BCUT2D eigenvalue weighted by Crippen LogP contribution is 2.33. The fraction of sp³-hybridized carbons (Fsp3) is 0.429. The normalized spacial score (nSPS) is 15.5. The van der Waals surface area contributed by atoms with Gasteiger partial charge in [-0.3, -0.25) is 9.59 Å². The third-order valence-corrected chi connectivity index (χ3v) is 9.12. The van der Waals surface area contributed by atoms with E-state index in [9.17, 15) is 18.0 Å². The number of halogens is 2. The maximum Gasteiger partial charge on any atom is 0.246 e. The van der Waals surface area contributed by atoms with E-state index < -0.39 is 10.0 Å². The van der Waals surface area contributed by atoms with Gasteiger partial charge in [0, 0.05) is 30.4 Å². The van der Waals surface area contributed by atoms with E-state index in [0.29, 0.717) is 25.9 Å². The number of benzene rings is 1. The summed E-state index contributed by atoms with van der Waals surface area (Å²) in [5.41, 5.74) is 0. The largest absolute Gasteiger partial charge is 0.350 e. The highest BCUT2D eigenvalue weighted by molar-refractivity contribution is 7.89. The summed E-state index contributed by atoms with van der Waals surface area (Å²) in [6.45, 7) is 3.00. The van der Waals surface area contributed by atoms with Crippen LogP contribution < -0.4 is 5.32 Å². The first-order chi connectivity index (χ1) is 15.2. The minimum Gasteiger partial charge on any atom is -0.350 e. The zero-order valence-electron chi connectivity index (χ0n) is 17.6. The SMILES string of the molecule is CCN(CC(=O)NCc1cccs1)C(=O)C1CCN(S(=O)(=O)c2c(Cl)cccc2Cl)CC1. The third-order valence-electron chi connectivity index (χ3n) is 5.39. The Morgan fingerprint density at radius 2 is 1.81 bits per heavy atom. The summed E-state index contributed by atoms with van der Waals surface area (Å²) in [5, 5.41) is 4.91. The lowest BCUT2D eigenvalue weighted by atomic mass is 9.96. The van der Waals surface area contributed by atoms with E-state index >= 15 is 0 Å². The van der Waals surface area contributed by atoms with E-state index in [2.05, 4.69) is 5.32 Å². The van der Waals surface area contributed by atoms with Gasteiger partial charge in [-0.2, -0.15) is 4.31 Å². The molecule has 0 aliphatic carbocycles. The molecular weight excluding hydrogens is 493 g/mol. The molecule has 1 aromatic carbocycles. The Morgan fingerprint density at radius 1 is 1.16 bits per heavy atom. The number of likely N-dealkylation sites (N-methyl/N-ethyl adjacent to an activating group) is 1. The van der Waals surface area contributed by atoms with Crippen molar-refractivity contribution in [1.82, 2.24) is 14.5 Å². The number of carbonyl (C=O) groups is 2. The number of piperidine rings is 1. The number of carbonyl (C=O) groups excluding carboxylic acids is 2. The lowest BCUT2D eigenvalue weighted by Crippen LogP contribution is -2.47. The number of amides is 2. The number of nitrogens with zero attached hydrogens (tertiary/aromatic N) is 2. The summed E-state index contributed by atoms with van der Waals surface area (Å²) in [6.07, 6.45) is 0.737. The van der Waals surface area contributed by atoms with Crippen molar-refractivity contribution in [3.63, 3.8) is 0 Å². The van der Waals surface area contributed by atoms with Crippen LogP contribution >= 0.6 is 34.5 Å². The molecule has 1 aromatic heterocycles. The van der Waals surface area contributed by atoms with Crippen molar-refractivity contribution in [3.8, 4) is 0 Å². The first kappa shape index (κ1) is 25.0. The van der Waals surface area contributed by atoms with Crippen LogP contribution in [0.15, 0.2) is 40.6 Å². The lowest BCUT2D eigenvalue weighted by Gasteiger charge is -2.33. The van der Waals surface area contributed by atoms with E-state index in [1.165, 1.54) is 21.3 Å². The summed E-state index contributed by atoms with van der Waals surface area (Å²) < 4.78 is 27.4. The monoisotopic (exact) mass is 517 g/mol. The molecule has 0 saturated carbocycles. The standard InChI is InChI=1S/C21H25Cl2N3O4S2/c1-2-25(14-19(27)24-13-16-5-4-12-31-16)21(28)15-8-10-26(11-9-15)32(29,30)20-17(22)6-3-7-18(20)23/h3-7,12,15H,2,8-11,13-14H2,1H3,(H,24,27). The van der Waals surface area contributed by atoms with E-state index in [1.807, 2.05) is 24.4 Å². The topological polar surface area (TPSA) is 86.8 Å². The van der Waals surface area contributed by atoms with Gasteiger partial charge in [0.2, 0.25) is 21.8 Å². The molecule has 0 radical (unpaired) electrons. The lowest BCUT2D eigenvalue weighted by molar-refractivity contribution is -0.140. The number of sulfonamides is 1. The van der Waals surface area contributed by atoms with Gasteiger partial charge in [-0.05, 0) is 43.3 Å². The second-order valence-electron chi connectivity index (χ2n) is 7.44. The van der Waals surface area contributed by atoms with Crippen molar-refractivity contribution < 1.29 is 18.0 Å². The Morgan fingerprint density at radius 3 is 2.38 bits per heavy atom. The molecule has 1 fully saturated rings. The van der Waals surface area contributed by atoms with Crippen molar-refractivity contribution >= 4 is 56.4 Å². The molecule has 1 aliphatic rings. The number of hydrogen-bond acceptors (Lipinski definition) is 5. The minimum atomic E-state index is -3.86. The fourth-order valence-corrected chi connectivity index (χ4v) is 6.84. The average molecular weight is 518 g/mol. The first-order valence-electron chi connectivity index (χ1n) is 10.3. The van der Waals surface area contributed by atoms with Crippen molar-refractivity contribution in [2.75, 3.05) is 26.2 Å². The average Bonchev–Trinajstić information content (AvgIpc) is 3.29. The Bertz CT molecular complexity index is 1030. The maximum absolute atomic E-state index is 13.0. The van der Waals surface area contributed by atoms with Crippen LogP contribution in [0.2, 0.25) is 10.0 Å². The molecule has 174 valence electrons. The van der Waals surface area contributed by atoms with E-state index in [-0.39, 0.29) is 52.3 Å². The number of thiophene rings is 1. The Hall–Kier alpha value is -1.65. The third kappa shape index (κ3) is 5.82. The van der Waals surface area contributed by atoms with Crippen molar-refractivity contribution in [2.24, 2.45) is 5.92 Å². The Kier molecular flexibility index (Phi) is 8.57. The molecule has 2 heterocycles. The van der Waals surface area contributed by atoms with E-state index in [1.54, 1.807) is 17.4 Å². The molecule has 0 bridgehead atoms. The predicted molar refractivity (Wildman–Crippen MR) is 126 cm³/mol. The molecular formula is C21H25Cl2N3O4S2. The van der Waals surface area contributed by atoms with Gasteiger partial charge < -0.3 is 10.2 Å². The van der Waals surface area contributed by atoms with Gasteiger partial charge in [-0.25, -0.2) is 8.42 Å². The number of nitrogens with one attached hydrogen (secondary N) is 1. The molecule has 0 atom stereocenters. The highest BCUT2D eigenvalue weighted by Gasteiger charge is 2.35. The van der Waals surface area contributed by atoms with Gasteiger partial charge in [-0.15, -0.1) is 11.3 Å². The van der Waals surface area contributed by atoms with Crippen LogP contribution in [-0.2, 0) is 26.2 Å². The van der Waals surface area contributed by atoms with Gasteiger partial charge in [0.1, 0.15) is 4.90 Å². The molecule has 7 nitrogen and oxygen atoms in total. The van der Waals surface area contributed by atoms with E-state index in [0.717, 1.165) is 4.88 Å². The van der Waals surface area contributed by atoms with Crippen LogP contribution in [0.3, 0.4) is 0 Å². The van der Waals surface area contributed by atoms with Gasteiger partial charge in [-0.1, -0.05) is 35.3 Å².